The first-order valence-electron chi connectivity index (χ1n) is 10.0. The first kappa shape index (κ1) is 21.7. The van der Waals surface area contributed by atoms with Crippen LogP contribution in [-0.4, -0.2) is 65.3 Å². The van der Waals surface area contributed by atoms with Crippen LogP contribution in [0.2, 0.25) is 0 Å². The van der Waals surface area contributed by atoms with Crippen LogP contribution in [0.1, 0.15) is 44.9 Å². The molecule has 9 heteroatoms. The summed E-state index contributed by atoms with van der Waals surface area (Å²) in [6.45, 7) is 2.08. The number of likely N-dealkylation sites (tertiary alicyclic amines) is 1. The molecule has 0 aromatic heterocycles. The molecule has 1 saturated heterocycles. The maximum atomic E-state index is 12.9. The Bertz CT molecular complexity index is 861. The quantitative estimate of drug-likeness (QED) is 0.748. The van der Waals surface area contributed by atoms with Crippen molar-refractivity contribution in [3.05, 3.63) is 24.3 Å². The van der Waals surface area contributed by atoms with Crippen molar-refractivity contribution in [2.45, 2.75) is 66.8 Å². The van der Waals surface area contributed by atoms with Crippen molar-refractivity contribution in [1.82, 2.24) is 13.9 Å². The van der Waals surface area contributed by atoms with E-state index in [0.29, 0.717) is 0 Å². The number of sulfonamides is 2. The molecule has 1 saturated carbocycles. The van der Waals surface area contributed by atoms with E-state index in [1.165, 1.54) is 57.6 Å². The molecule has 2 fully saturated rings. The van der Waals surface area contributed by atoms with E-state index < -0.39 is 20.0 Å². The third-order valence-electron chi connectivity index (χ3n) is 5.81. The second-order valence-corrected chi connectivity index (χ2v) is 11.8. The van der Waals surface area contributed by atoms with Crippen LogP contribution in [0.25, 0.3) is 0 Å². The van der Waals surface area contributed by atoms with Gasteiger partial charge in [-0.15, -0.1) is 0 Å². The summed E-state index contributed by atoms with van der Waals surface area (Å²) in [6, 6.07) is 5.61. The van der Waals surface area contributed by atoms with Crippen molar-refractivity contribution in [2.75, 3.05) is 27.2 Å². The van der Waals surface area contributed by atoms with Crippen molar-refractivity contribution >= 4 is 20.0 Å². The van der Waals surface area contributed by atoms with Gasteiger partial charge in [0.2, 0.25) is 20.0 Å². The molecule has 3 rings (SSSR count). The first-order chi connectivity index (χ1) is 13.2. The number of nitrogens with zero attached hydrogens (tertiary/aromatic N) is 2. The van der Waals surface area contributed by atoms with Crippen LogP contribution >= 0.6 is 0 Å². The van der Waals surface area contributed by atoms with E-state index in [2.05, 4.69) is 9.62 Å². The van der Waals surface area contributed by atoms with Crippen LogP contribution < -0.4 is 4.72 Å². The maximum Gasteiger partial charge on any atom is 0.242 e. The molecule has 1 aliphatic carbocycles. The van der Waals surface area contributed by atoms with Gasteiger partial charge in [0.05, 0.1) is 9.79 Å². The summed E-state index contributed by atoms with van der Waals surface area (Å²) >= 11 is 0. The van der Waals surface area contributed by atoms with E-state index in [1.54, 1.807) is 0 Å². The lowest BCUT2D eigenvalue weighted by molar-refractivity contribution is 0.109. The lowest BCUT2D eigenvalue weighted by atomic mass is 9.89. The molecule has 1 aromatic carbocycles. The minimum absolute atomic E-state index is 0.0836. The Kier molecular flexibility index (Phi) is 6.81. The van der Waals surface area contributed by atoms with Crippen molar-refractivity contribution in [3.8, 4) is 0 Å². The molecule has 0 bridgehead atoms. The highest BCUT2D eigenvalue weighted by atomic mass is 32.2. The van der Waals surface area contributed by atoms with Gasteiger partial charge in [0, 0.05) is 26.2 Å². The van der Waals surface area contributed by atoms with E-state index >= 15 is 0 Å². The number of rotatable bonds is 6. The van der Waals surface area contributed by atoms with E-state index in [0.717, 1.165) is 43.1 Å². The van der Waals surface area contributed by atoms with Crippen LogP contribution in [-0.2, 0) is 20.0 Å². The predicted molar refractivity (Wildman–Crippen MR) is 109 cm³/mol. The largest absolute Gasteiger partial charge is 0.299 e. The fraction of sp³-hybridized carbons (Fsp3) is 0.684. The average Bonchev–Trinajstić information content (AvgIpc) is 2.69. The zero-order valence-electron chi connectivity index (χ0n) is 16.7. The van der Waals surface area contributed by atoms with Crippen molar-refractivity contribution < 1.29 is 16.8 Å². The molecule has 1 aliphatic heterocycles. The Morgan fingerprint density at radius 1 is 0.857 bits per heavy atom. The van der Waals surface area contributed by atoms with Gasteiger partial charge in [-0.1, -0.05) is 19.3 Å². The Morgan fingerprint density at radius 3 is 2.04 bits per heavy atom. The molecular formula is C19H31N3O4S2. The normalized spacial score (nSPS) is 25.1. The molecule has 0 spiro atoms. The summed E-state index contributed by atoms with van der Waals surface area (Å²) in [5, 5.41) is 0. The second kappa shape index (κ2) is 8.79. The van der Waals surface area contributed by atoms with E-state index in [-0.39, 0.29) is 21.9 Å². The fourth-order valence-electron chi connectivity index (χ4n) is 4.20. The number of hydrogen-bond donors (Lipinski definition) is 1. The zero-order valence-corrected chi connectivity index (χ0v) is 18.3. The van der Waals surface area contributed by atoms with Crippen molar-refractivity contribution in [1.29, 1.82) is 0 Å². The molecule has 1 heterocycles. The Hall–Kier alpha value is -1.00. The Morgan fingerprint density at radius 2 is 1.43 bits per heavy atom. The van der Waals surface area contributed by atoms with E-state index in [4.69, 9.17) is 0 Å². The molecule has 158 valence electrons. The molecule has 0 amide bonds. The van der Waals surface area contributed by atoms with Gasteiger partial charge in [-0.3, -0.25) is 4.90 Å². The zero-order chi connectivity index (χ0) is 20.4. The maximum absolute atomic E-state index is 12.9. The minimum atomic E-state index is -3.70. The Balaban J connectivity index is 1.76. The molecule has 0 radical (unpaired) electrons. The third kappa shape index (κ3) is 4.76. The number of nitrogens with one attached hydrogen (secondary N) is 1. The van der Waals surface area contributed by atoms with Gasteiger partial charge in [0.15, 0.2) is 0 Å². The smallest absolute Gasteiger partial charge is 0.242 e. The molecule has 28 heavy (non-hydrogen) atoms. The molecule has 2 aliphatic rings. The lowest BCUT2D eigenvalue weighted by Gasteiger charge is -2.41. The summed E-state index contributed by atoms with van der Waals surface area (Å²) < 4.78 is 54.3. The predicted octanol–water partition coefficient (Wildman–Crippen LogP) is 2.01. The Labute approximate surface area is 169 Å². The monoisotopic (exact) mass is 429 g/mol. The highest BCUT2D eigenvalue weighted by Crippen LogP contribution is 2.27. The van der Waals surface area contributed by atoms with Gasteiger partial charge < -0.3 is 0 Å². The molecule has 2 atom stereocenters. The summed E-state index contributed by atoms with van der Waals surface area (Å²) in [7, 11) is -4.38. The summed E-state index contributed by atoms with van der Waals surface area (Å²) in [4.78, 5) is 2.64. The van der Waals surface area contributed by atoms with E-state index in [1.807, 2.05) is 0 Å². The first-order valence-corrected chi connectivity index (χ1v) is 12.9. The van der Waals surface area contributed by atoms with Crippen molar-refractivity contribution in [2.24, 2.45) is 0 Å². The average molecular weight is 430 g/mol. The highest BCUT2D eigenvalue weighted by Gasteiger charge is 2.33. The summed E-state index contributed by atoms with van der Waals surface area (Å²) in [5.74, 6) is 0. The SMILES string of the molecule is CN(C)S(=O)(=O)c1ccc(S(=O)(=O)NC2CCCCC2N2CCCCC2)cc1. The topological polar surface area (TPSA) is 86.8 Å². The van der Waals surface area contributed by atoms with Gasteiger partial charge in [-0.05, 0) is 63.0 Å². The van der Waals surface area contributed by atoms with Crippen LogP contribution in [0.5, 0.6) is 0 Å². The van der Waals surface area contributed by atoms with Crippen LogP contribution in [0.3, 0.4) is 0 Å². The summed E-state index contributed by atoms with van der Waals surface area (Å²) in [5.41, 5.74) is 0. The minimum Gasteiger partial charge on any atom is -0.299 e. The number of hydrogen-bond acceptors (Lipinski definition) is 5. The van der Waals surface area contributed by atoms with Crippen LogP contribution in [0.4, 0.5) is 0 Å². The lowest BCUT2D eigenvalue weighted by Crippen LogP contribution is -2.54. The summed E-state index contributed by atoms with van der Waals surface area (Å²) in [6.07, 6.45) is 7.63. The van der Waals surface area contributed by atoms with Gasteiger partial charge in [-0.25, -0.2) is 25.9 Å². The third-order valence-corrected chi connectivity index (χ3v) is 9.14. The number of piperidine rings is 1. The molecular weight excluding hydrogens is 398 g/mol. The van der Waals surface area contributed by atoms with Gasteiger partial charge in [-0.2, -0.15) is 0 Å². The molecule has 1 N–H and O–H groups in total. The molecule has 7 nitrogen and oxygen atoms in total. The number of benzene rings is 1. The van der Waals surface area contributed by atoms with Gasteiger partial charge in [0.25, 0.3) is 0 Å². The standard InChI is InChI=1S/C19H31N3O4S2/c1-21(2)28(25,26)17-12-10-16(11-13-17)27(23,24)20-18-8-4-5-9-19(18)22-14-6-3-7-15-22/h10-13,18-20H,3-9,14-15H2,1-2H3. The van der Waals surface area contributed by atoms with Crippen LogP contribution in [0.15, 0.2) is 34.1 Å². The van der Waals surface area contributed by atoms with Gasteiger partial charge >= 0.3 is 0 Å². The van der Waals surface area contributed by atoms with Gasteiger partial charge in [0.1, 0.15) is 0 Å². The van der Waals surface area contributed by atoms with Crippen LogP contribution in [0, 0.1) is 0 Å². The highest BCUT2D eigenvalue weighted by molar-refractivity contribution is 7.89. The second-order valence-electron chi connectivity index (χ2n) is 7.94. The fourth-order valence-corrected chi connectivity index (χ4v) is 6.41. The molecule has 1 aromatic rings. The molecule has 2 unspecified atom stereocenters. The van der Waals surface area contributed by atoms with Crippen molar-refractivity contribution in [3.63, 3.8) is 0 Å². The van der Waals surface area contributed by atoms with E-state index in [9.17, 15) is 16.8 Å².